The molecule has 2 atom stereocenters. The predicted molar refractivity (Wildman–Crippen MR) is 57.7 cm³/mol. The first kappa shape index (κ1) is 9.66. The van der Waals surface area contributed by atoms with Crippen molar-refractivity contribution in [2.75, 3.05) is 20.2 Å². The summed E-state index contributed by atoms with van der Waals surface area (Å²) in [6.07, 6.45) is 0. The van der Waals surface area contributed by atoms with Crippen molar-refractivity contribution in [1.82, 2.24) is 5.32 Å². The molecule has 2 unspecified atom stereocenters. The van der Waals surface area contributed by atoms with Gasteiger partial charge in [-0.2, -0.15) is 0 Å². The van der Waals surface area contributed by atoms with E-state index in [1.54, 1.807) is 7.11 Å². The summed E-state index contributed by atoms with van der Waals surface area (Å²) in [4.78, 5) is 11.7. The second kappa shape index (κ2) is 3.49. The van der Waals surface area contributed by atoms with Crippen LogP contribution in [0.2, 0.25) is 0 Å². The second-order valence-corrected chi connectivity index (χ2v) is 4.16. The number of hydrogen-bond acceptors (Lipinski definition) is 4. The molecular weight excluding hydrogens is 206 g/mol. The zero-order valence-corrected chi connectivity index (χ0v) is 9.03. The molecule has 4 heteroatoms. The van der Waals surface area contributed by atoms with E-state index in [1.165, 1.54) is 0 Å². The fraction of sp³-hybridized carbons (Fsp3) is 0.417. The number of rotatable bonds is 1. The second-order valence-electron chi connectivity index (χ2n) is 4.16. The molecule has 1 aromatic rings. The molecule has 0 bridgehead atoms. The van der Waals surface area contributed by atoms with Crippen molar-refractivity contribution < 1.29 is 14.3 Å². The molecule has 16 heavy (non-hydrogen) atoms. The maximum atomic E-state index is 11.7. The molecule has 1 aromatic carbocycles. The zero-order valence-electron chi connectivity index (χ0n) is 9.03. The summed E-state index contributed by atoms with van der Waals surface area (Å²) in [7, 11) is 1.64. The average molecular weight is 219 g/mol. The van der Waals surface area contributed by atoms with E-state index >= 15 is 0 Å². The largest absolute Gasteiger partial charge is 0.496 e. The Hall–Kier alpha value is -1.55. The summed E-state index contributed by atoms with van der Waals surface area (Å²) in [6.45, 7) is 1.51. The number of esters is 1. The summed E-state index contributed by atoms with van der Waals surface area (Å²) in [6, 6.07) is 5.57. The highest BCUT2D eigenvalue weighted by molar-refractivity contribution is 5.81. The Morgan fingerprint density at radius 3 is 3.00 bits per heavy atom. The molecule has 1 N–H and O–H groups in total. The normalized spacial score (nSPS) is 26.9. The molecule has 2 heterocycles. The van der Waals surface area contributed by atoms with E-state index in [4.69, 9.17) is 9.47 Å². The van der Waals surface area contributed by atoms with E-state index in [0.29, 0.717) is 12.3 Å². The summed E-state index contributed by atoms with van der Waals surface area (Å²) < 4.78 is 10.7. The van der Waals surface area contributed by atoms with Crippen LogP contribution in [0.1, 0.15) is 11.5 Å². The topological polar surface area (TPSA) is 47.6 Å². The molecule has 0 spiro atoms. The van der Waals surface area contributed by atoms with Crippen molar-refractivity contribution >= 4 is 5.97 Å². The number of carbonyl (C=O) groups is 1. The highest BCUT2D eigenvalue weighted by Crippen LogP contribution is 2.44. The predicted octanol–water partition coefficient (Wildman–Crippen LogP) is 0.917. The molecule has 0 aromatic heterocycles. The van der Waals surface area contributed by atoms with Crippen molar-refractivity contribution in [3.05, 3.63) is 23.8 Å². The Morgan fingerprint density at radius 2 is 2.19 bits per heavy atom. The van der Waals surface area contributed by atoms with Crippen molar-refractivity contribution in [2.45, 2.75) is 5.92 Å². The number of ether oxygens (including phenoxy) is 2. The van der Waals surface area contributed by atoms with Crippen molar-refractivity contribution in [3.63, 3.8) is 0 Å². The smallest absolute Gasteiger partial charge is 0.316 e. The number of fused-ring (bicyclic) bond motifs is 3. The van der Waals surface area contributed by atoms with Gasteiger partial charge in [0.15, 0.2) is 0 Å². The Morgan fingerprint density at radius 1 is 1.38 bits per heavy atom. The third-order valence-electron chi connectivity index (χ3n) is 3.34. The number of benzene rings is 1. The standard InChI is InChI=1S/C12H13NO3/c1-15-9-3-2-4-10-11(9)7-5-13-6-8(7)12(14)16-10/h2-4,7-8,13H,5-6H2,1H3. The van der Waals surface area contributed by atoms with Crippen LogP contribution in [0.15, 0.2) is 18.2 Å². The third-order valence-corrected chi connectivity index (χ3v) is 3.34. The lowest BCUT2D eigenvalue weighted by Crippen LogP contribution is -2.31. The van der Waals surface area contributed by atoms with Gasteiger partial charge >= 0.3 is 5.97 Å². The maximum absolute atomic E-state index is 11.7. The van der Waals surface area contributed by atoms with E-state index in [0.717, 1.165) is 17.9 Å². The van der Waals surface area contributed by atoms with Gasteiger partial charge in [0.2, 0.25) is 0 Å². The van der Waals surface area contributed by atoms with Crippen LogP contribution in [-0.2, 0) is 4.79 Å². The van der Waals surface area contributed by atoms with Crippen LogP contribution >= 0.6 is 0 Å². The van der Waals surface area contributed by atoms with Crippen LogP contribution in [0.5, 0.6) is 11.5 Å². The summed E-state index contributed by atoms with van der Waals surface area (Å²) in [5.41, 5.74) is 1.03. The highest BCUT2D eigenvalue weighted by atomic mass is 16.5. The number of carbonyl (C=O) groups excluding carboxylic acids is 1. The zero-order chi connectivity index (χ0) is 11.1. The third kappa shape index (κ3) is 1.23. The minimum Gasteiger partial charge on any atom is -0.496 e. The van der Waals surface area contributed by atoms with Gasteiger partial charge in [0.05, 0.1) is 13.0 Å². The highest BCUT2D eigenvalue weighted by Gasteiger charge is 2.42. The minimum absolute atomic E-state index is 0.0659. The summed E-state index contributed by atoms with van der Waals surface area (Å²) in [5, 5.41) is 3.23. The van der Waals surface area contributed by atoms with Gasteiger partial charge in [0.1, 0.15) is 11.5 Å². The lowest BCUT2D eigenvalue weighted by atomic mass is 9.86. The van der Waals surface area contributed by atoms with Crippen LogP contribution in [-0.4, -0.2) is 26.2 Å². The lowest BCUT2D eigenvalue weighted by molar-refractivity contribution is -0.140. The van der Waals surface area contributed by atoms with Crippen LogP contribution in [0.3, 0.4) is 0 Å². The maximum Gasteiger partial charge on any atom is 0.316 e. The molecule has 1 fully saturated rings. The fourth-order valence-electron chi connectivity index (χ4n) is 2.57. The summed E-state index contributed by atoms with van der Waals surface area (Å²) in [5.74, 6) is 1.45. The lowest BCUT2D eigenvalue weighted by Gasteiger charge is -2.27. The van der Waals surface area contributed by atoms with E-state index in [1.807, 2.05) is 18.2 Å². The first-order valence-corrected chi connectivity index (χ1v) is 5.40. The van der Waals surface area contributed by atoms with Crippen LogP contribution in [0.25, 0.3) is 0 Å². The number of nitrogens with one attached hydrogen (secondary N) is 1. The van der Waals surface area contributed by atoms with Crippen molar-refractivity contribution in [1.29, 1.82) is 0 Å². The van der Waals surface area contributed by atoms with Crippen LogP contribution in [0.4, 0.5) is 0 Å². The fourth-order valence-corrected chi connectivity index (χ4v) is 2.57. The first-order chi connectivity index (χ1) is 7.81. The van der Waals surface area contributed by atoms with Crippen molar-refractivity contribution in [3.8, 4) is 11.5 Å². The average Bonchev–Trinajstić information content (AvgIpc) is 2.77. The van der Waals surface area contributed by atoms with Gasteiger partial charge < -0.3 is 14.8 Å². The van der Waals surface area contributed by atoms with Gasteiger partial charge in [0, 0.05) is 24.6 Å². The van der Waals surface area contributed by atoms with Crippen LogP contribution < -0.4 is 14.8 Å². The Kier molecular flexibility index (Phi) is 2.11. The van der Waals surface area contributed by atoms with E-state index < -0.39 is 0 Å². The van der Waals surface area contributed by atoms with Gasteiger partial charge in [0.25, 0.3) is 0 Å². The number of hydrogen-bond donors (Lipinski definition) is 1. The molecule has 4 nitrogen and oxygen atoms in total. The molecule has 1 saturated heterocycles. The van der Waals surface area contributed by atoms with E-state index in [2.05, 4.69) is 5.32 Å². The molecule has 2 aliphatic heterocycles. The van der Waals surface area contributed by atoms with Gasteiger partial charge in [-0.05, 0) is 12.1 Å². The quantitative estimate of drug-likeness (QED) is 0.563. The monoisotopic (exact) mass is 219 g/mol. The molecule has 0 amide bonds. The number of methoxy groups -OCH3 is 1. The van der Waals surface area contributed by atoms with Gasteiger partial charge in [-0.3, -0.25) is 4.79 Å². The molecule has 0 radical (unpaired) electrons. The van der Waals surface area contributed by atoms with Gasteiger partial charge in [-0.25, -0.2) is 0 Å². The van der Waals surface area contributed by atoms with E-state index in [9.17, 15) is 4.79 Å². The Bertz CT molecular complexity index is 444. The minimum atomic E-state index is -0.129. The summed E-state index contributed by atoms with van der Waals surface area (Å²) >= 11 is 0. The Labute approximate surface area is 93.5 Å². The molecule has 2 aliphatic rings. The molecule has 84 valence electrons. The van der Waals surface area contributed by atoms with Crippen LogP contribution in [0, 0.1) is 5.92 Å². The molecule has 0 saturated carbocycles. The Balaban J connectivity index is 2.14. The molecule has 0 aliphatic carbocycles. The molecule has 3 rings (SSSR count). The van der Waals surface area contributed by atoms with Gasteiger partial charge in [-0.1, -0.05) is 6.07 Å². The first-order valence-electron chi connectivity index (χ1n) is 5.40. The van der Waals surface area contributed by atoms with E-state index in [-0.39, 0.29) is 17.8 Å². The SMILES string of the molecule is COc1cccc2c1C1CNCC1C(=O)O2. The van der Waals surface area contributed by atoms with Crippen molar-refractivity contribution in [2.24, 2.45) is 5.92 Å². The van der Waals surface area contributed by atoms with Gasteiger partial charge in [-0.15, -0.1) is 0 Å². The molecular formula is C12H13NO3.